The van der Waals surface area contributed by atoms with E-state index in [9.17, 15) is 29.3 Å². The fourth-order valence-electron chi connectivity index (χ4n) is 5.00. The maximum atomic E-state index is 12.6. The molecule has 0 aliphatic rings. The number of carbonyl (C=O) groups is 2. The number of aliphatic hydroxyl groups is 3. The Kier molecular flexibility index (Phi) is 35.9. The first kappa shape index (κ1) is 51.6. The van der Waals surface area contributed by atoms with Crippen LogP contribution in [0.5, 0.6) is 0 Å². The molecule has 0 aromatic rings. The molecule has 0 aliphatic carbocycles. The Hall–Kier alpha value is -2.37. The van der Waals surface area contributed by atoms with Crippen molar-refractivity contribution in [2.24, 2.45) is 0 Å². The van der Waals surface area contributed by atoms with Crippen molar-refractivity contribution >= 4 is 19.8 Å². The summed E-state index contributed by atoms with van der Waals surface area (Å²) in [5.41, 5.74) is 0. The Morgan fingerprint density at radius 3 is 1.91 bits per heavy atom. The van der Waals surface area contributed by atoms with E-state index >= 15 is 0 Å². The molecule has 0 aromatic heterocycles. The lowest BCUT2D eigenvalue weighted by Gasteiger charge is -2.20. The number of rotatable bonds is 37. The second-order valence-corrected chi connectivity index (χ2v) is 15.0. The van der Waals surface area contributed by atoms with Gasteiger partial charge in [-0.3, -0.25) is 18.6 Å². The van der Waals surface area contributed by atoms with Crippen molar-refractivity contribution < 1.29 is 52.9 Å². The Morgan fingerprint density at radius 1 is 0.630 bits per heavy atom. The summed E-state index contributed by atoms with van der Waals surface area (Å²) in [6.45, 7) is 2.14. The molecular formula is C42H73O11P. The third-order valence-electron chi connectivity index (χ3n) is 8.22. The number of hydrogen-bond donors (Lipinski definition) is 4. The molecule has 1 unspecified atom stereocenters. The highest BCUT2D eigenvalue weighted by Crippen LogP contribution is 2.43. The molecule has 0 aliphatic heterocycles. The Balaban J connectivity index is 4.53. The molecule has 0 fully saturated rings. The van der Waals surface area contributed by atoms with Crippen molar-refractivity contribution in [3.63, 3.8) is 0 Å². The lowest BCUT2D eigenvalue weighted by Crippen LogP contribution is -2.29. The minimum atomic E-state index is -4.65. The van der Waals surface area contributed by atoms with Gasteiger partial charge in [-0.15, -0.1) is 0 Å². The number of ether oxygens (including phenoxy) is 2. The van der Waals surface area contributed by atoms with Crippen LogP contribution in [-0.4, -0.2) is 76.9 Å². The Morgan fingerprint density at radius 2 is 1.19 bits per heavy atom. The lowest BCUT2D eigenvalue weighted by atomic mass is 10.1. The molecule has 0 rings (SSSR count). The van der Waals surface area contributed by atoms with Gasteiger partial charge >= 0.3 is 19.8 Å². The van der Waals surface area contributed by atoms with E-state index in [0.717, 1.165) is 44.9 Å². The molecule has 0 saturated heterocycles. The van der Waals surface area contributed by atoms with Crippen molar-refractivity contribution in [2.75, 3.05) is 26.4 Å². The van der Waals surface area contributed by atoms with Crippen LogP contribution in [0.15, 0.2) is 60.8 Å². The standard InChI is InChI=1S/C42H73O11P/c1-3-5-7-9-11-12-13-14-15-16-20-24-28-32-41(46)50-36-40(37-52-54(48,49)51-35-39(45)34-43)53-42(47)33-29-25-21-17-19-23-27-31-38(44)30-26-22-18-10-8-6-4-2/h12-13,17-18,21-23,26-27,30,38-40,43-45H,3-11,14-16,19-20,24-25,28-29,31-37H2,1-2H3,(H,48,49)/b13-12-,21-17+,22-18-,27-23-,30-26-/t38-,39-,40+/m0/s1. The molecule has 11 nitrogen and oxygen atoms in total. The zero-order valence-electron chi connectivity index (χ0n) is 33.3. The van der Waals surface area contributed by atoms with Crippen molar-refractivity contribution in [2.45, 2.75) is 167 Å². The minimum Gasteiger partial charge on any atom is -0.462 e. The molecule has 4 N–H and O–H groups in total. The number of hydrogen-bond acceptors (Lipinski definition) is 10. The fourth-order valence-corrected chi connectivity index (χ4v) is 5.79. The van der Waals surface area contributed by atoms with E-state index in [4.69, 9.17) is 19.1 Å². The largest absolute Gasteiger partial charge is 0.472 e. The van der Waals surface area contributed by atoms with Crippen LogP contribution in [0.4, 0.5) is 0 Å². The van der Waals surface area contributed by atoms with Crippen molar-refractivity contribution in [1.82, 2.24) is 0 Å². The Bertz CT molecular complexity index is 1100. The number of carbonyl (C=O) groups excluding carboxylic acids is 2. The SMILES string of the molecule is CCCCC/C=C\C=C/[C@H](O)C/C=C\C/C=C/CCCC(=O)O[C@H](COC(=O)CCCCCCC/C=C\CCCCCC)COP(=O)(O)OC[C@@H](O)CO. The molecule has 0 amide bonds. The van der Waals surface area contributed by atoms with Gasteiger partial charge in [0.05, 0.1) is 25.9 Å². The van der Waals surface area contributed by atoms with Crippen LogP contribution in [0.3, 0.4) is 0 Å². The molecule has 0 saturated carbocycles. The average Bonchev–Trinajstić information content (AvgIpc) is 3.15. The van der Waals surface area contributed by atoms with Crippen LogP contribution in [0, 0.1) is 0 Å². The fraction of sp³-hybridized carbons (Fsp3) is 0.714. The first-order valence-corrected chi connectivity index (χ1v) is 21.8. The lowest BCUT2D eigenvalue weighted by molar-refractivity contribution is -0.161. The van der Waals surface area contributed by atoms with Gasteiger partial charge in [0.2, 0.25) is 0 Å². The summed E-state index contributed by atoms with van der Waals surface area (Å²) in [5.74, 6) is -1.05. The molecule has 54 heavy (non-hydrogen) atoms. The van der Waals surface area contributed by atoms with E-state index < -0.39 is 57.9 Å². The van der Waals surface area contributed by atoms with E-state index in [1.54, 1.807) is 6.08 Å². The monoisotopic (exact) mass is 784 g/mol. The second-order valence-electron chi connectivity index (χ2n) is 13.5. The van der Waals surface area contributed by atoms with Gasteiger partial charge < -0.3 is 29.7 Å². The van der Waals surface area contributed by atoms with Gasteiger partial charge in [0.1, 0.15) is 12.7 Å². The number of phosphoric acid groups is 1. The summed E-state index contributed by atoms with van der Waals surface area (Å²) in [5, 5.41) is 28.3. The van der Waals surface area contributed by atoms with Crippen LogP contribution in [0.1, 0.15) is 149 Å². The molecule has 312 valence electrons. The number of unbranched alkanes of at least 4 members (excludes halogenated alkanes) is 13. The van der Waals surface area contributed by atoms with E-state index in [1.165, 1.54) is 44.9 Å². The highest BCUT2D eigenvalue weighted by molar-refractivity contribution is 7.47. The van der Waals surface area contributed by atoms with Crippen LogP contribution in [0.2, 0.25) is 0 Å². The predicted molar refractivity (Wildman–Crippen MR) is 216 cm³/mol. The quantitative estimate of drug-likeness (QED) is 0.0156. The molecule has 12 heteroatoms. The maximum absolute atomic E-state index is 12.6. The highest BCUT2D eigenvalue weighted by atomic mass is 31.2. The third-order valence-corrected chi connectivity index (χ3v) is 9.18. The number of esters is 2. The summed E-state index contributed by atoms with van der Waals surface area (Å²) in [4.78, 5) is 34.9. The summed E-state index contributed by atoms with van der Waals surface area (Å²) in [7, 11) is -4.65. The van der Waals surface area contributed by atoms with E-state index in [0.29, 0.717) is 32.1 Å². The van der Waals surface area contributed by atoms with Crippen LogP contribution in [0.25, 0.3) is 0 Å². The van der Waals surface area contributed by atoms with Gasteiger partial charge in [-0.05, 0) is 70.6 Å². The highest BCUT2D eigenvalue weighted by Gasteiger charge is 2.27. The van der Waals surface area contributed by atoms with Crippen molar-refractivity contribution in [1.29, 1.82) is 0 Å². The van der Waals surface area contributed by atoms with Crippen LogP contribution >= 0.6 is 7.82 Å². The normalized spacial score (nSPS) is 15.1. The smallest absolute Gasteiger partial charge is 0.462 e. The van der Waals surface area contributed by atoms with Gasteiger partial charge in [-0.25, -0.2) is 4.57 Å². The van der Waals surface area contributed by atoms with Gasteiger partial charge in [0.15, 0.2) is 6.10 Å². The summed E-state index contributed by atoms with van der Waals surface area (Å²) in [6, 6.07) is 0. The summed E-state index contributed by atoms with van der Waals surface area (Å²) < 4.78 is 32.5. The van der Waals surface area contributed by atoms with E-state index in [1.807, 2.05) is 36.5 Å². The van der Waals surface area contributed by atoms with Crippen molar-refractivity contribution in [3.8, 4) is 0 Å². The third kappa shape index (κ3) is 36.6. The molecule has 4 atom stereocenters. The number of allylic oxidation sites excluding steroid dienone is 8. The zero-order valence-corrected chi connectivity index (χ0v) is 34.2. The second kappa shape index (κ2) is 37.5. The molecule has 0 heterocycles. The Labute approximate surface area is 326 Å². The van der Waals surface area contributed by atoms with Gasteiger partial charge in [-0.2, -0.15) is 0 Å². The maximum Gasteiger partial charge on any atom is 0.472 e. The van der Waals surface area contributed by atoms with Gasteiger partial charge in [0, 0.05) is 12.8 Å². The molecule has 0 bridgehead atoms. The first-order chi connectivity index (χ1) is 26.1. The van der Waals surface area contributed by atoms with Gasteiger partial charge in [-0.1, -0.05) is 126 Å². The summed E-state index contributed by atoms with van der Waals surface area (Å²) >= 11 is 0. The first-order valence-electron chi connectivity index (χ1n) is 20.4. The van der Waals surface area contributed by atoms with Crippen LogP contribution in [-0.2, 0) is 32.7 Å². The van der Waals surface area contributed by atoms with Crippen molar-refractivity contribution in [3.05, 3.63) is 60.8 Å². The molecule has 0 aromatic carbocycles. The van der Waals surface area contributed by atoms with E-state index in [2.05, 4.69) is 36.6 Å². The molecule has 0 radical (unpaired) electrons. The van der Waals surface area contributed by atoms with Crippen LogP contribution < -0.4 is 0 Å². The number of aliphatic hydroxyl groups excluding tert-OH is 3. The topological polar surface area (TPSA) is 169 Å². The van der Waals surface area contributed by atoms with Gasteiger partial charge in [0.25, 0.3) is 0 Å². The minimum absolute atomic E-state index is 0.0704. The molecular weight excluding hydrogens is 711 g/mol. The molecule has 0 spiro atoms. The predicted octanol–water partition coefficient (Wildman–Crippen LogP) is 9.30. The van der Waals surface area contributed by atoms with E-state index in [-0.39, 0.29) is 19.4 Å². The number of phosphoric ester groups is 1. The summed E-state index contributed by atoms with van der Waals surface area (Å²) in [6.07, 6.45) is 36.5. The average molecular weight is 785 g/mol. The zero-order chi connectivity index (χ0) is 40.0.